The van der Waals surface area contributed by atoms with Crippen LogP contribution in [0.4, 0.5) is 0 Å². The molecule has 17 heavy (non-hydrogen) atoms. The molecule has 1 heterocycles. The molecule has 0 amide bonds. The zero-order valence-corrected chi connectivity index (χ0v) is 11.3. The normalized spacial score (nSPS) is 12.6. The van der Waals surface area contributed by atoms with Gasteiger partial charge in [-0.1, -0.05) is 32.6 Å². The highest BCUT2D eigenvalue weighted by Gasteiger charge is 2.05. The Bertz CT molecular complexity index is 272. The molecular weight excluding hydrogens is 208 g/mol. The fraction of sp³-hybridized carbons (Fsp3) is 0.667. The molecule has 0 saturated carbocycles. The lowest BCUT2D eigenvalue weighted by molar-refractivity contribution is 0.461. The van der Waals surface area contributed by atoms with Gasteiger partial charge in [0.05, 0.1) is 0 Å². The summed E-state index contributed by atoms with van der Waals surface area (Å²) in [5, 5.41) is 3.43. The summed E-state index contributed by atoms with van der Waals surface area (Å²) in [6, 6.07) is 4.90. The third kappa shape index (κ3) is 6.42. The standard InChI is InChI=1S/C15H26N2/c1-3-4-5-6-7-15(16-2)9-8-14-10-12-17-13-11-14/h10-13,15-16H,3-9H2,1-2H3. The van der Waals surface area contributed by atoms with Gasteiger partial charge in [-0.15, -0.1) is 0 Å². The lowest BCUT2D eigenvalue weighted by Gasteiger charge is -2.15. The summed E-state index contributed by atoms with van der Waals surface area (Å²) in [7, 11) is 2.08. The van der Waals surface area contributed by atoms with Gasteiger partial charge in [-0.05, 0) is 44.0 Å². The number of aryl methyl sites for hydroxylation is 1. The first-order valence-corrected chi connectivity index (χ1v) is 6.93. The largest absolute Gasteiger partial charge is 0.317 e. The van der Waals surface area contributed by atoms with E-state index in [0.717, 1.165) is 6.42 Å². The van der Waals surface area contributed by atoms with Crippen LogP contribution in [0.5, 0.6) is 0 Å². The molecule has 0 bridgehead atoms. The van der Waals surface area contributed by atoms with E-state index in [0.29, 0.717) is 6.04 Å². The Labute approximate surface area is 106 Å². The summed E-state index contributed by atoms with van der Waals surface area (Å²) in [5.41, 5.74) is 1.40. The van der Waals surface area contributed by atoms with Crippen LogP contribution in [0, 0.1) is 0 Å². The highest BCUT2D eigenvalue weighted by atomic mass is 14.9. The summed E-state index contributed by atoms with van der Waals surface area (Å²) < 4.78 is 0. The lowest BCUT2D eigenvalue weighted by atomic mass is 10.0. The maximum Gasteiger partial charge on any atom is 0.0270 e. The van der Waals surface area contributed by atoms with Gasteiger partial charge in [0.1, 0.15) is 0 Å². The minimum absolute atomic E-state index is 0.667. The van der Waals surface area contributed by atoms with E-state index in [2.05, 4.69) is 36.4 Å². The molecule has 0 saturated heterocycles. The van der Waals surface area contributed by atoms with Gasteiger partial charge < -0.3 is 5.32 Å². The van der Waals surface area contributed by atoms with Crippen molar-refractivity contribution < 1.29 is 0 Å². The Morgan fingerprint density at radius 3 is 2.53 bits per heavy atom. The van der Waals surface area contributed by atoms with E-state index in [-0.39, 0.29) is 0 Å². The molecule has 0 aliphatic rings. The van der Waals surface area contributed by atoms with E-state index in [1.54, 1.807) is 0 Å². The van der Waals surface area contributed by atoms with Crippen molar-refractivity contribution in [2.75, 3.05) is 7.05 Å². The lowest BCUT2D eigenvalue weighted by Crippen LogP contribution is -2.25. The topological polar surface area (TPSA) is 24.9 Å². The molecule has 0 aliphatic heterocycles. The predicted molar refractivity (Wildman–Crippen MR) is 74.2 cm³/mol. The number of pyridine rings is 1. The Morgan fingerprint density at radius 1 is 1.12 bits per heavy atom. The molecule has 1 rings (SSSR count). The maximum absolute atomic E-state index is 4.05. The third-order valence-electron chi connectivity index (χ3n) is 3.35. The third-order valence-corrected chi connectivity index (χ3v) is 3.35. The van der Waals surface area contributed by atoms with Crippen molar-refractivity contribution >= 4 is 0 Å². The van der Waals surface area contributed by atoms with Crippen molar-refractivity contribution in [2.24, 2.45) is 0 Å². The summed E-state index contributed by atoms with van der Waals surface area (Å²) in [6.07, 6.45) is 12.9. The second kappa shape index (κ2) is 9.17. The average Bonchev–Trinajstić information content (AvgIpc) is 2.39. The van der Waals surface area contributed by atoms with Gasteiger partial charge in [0.25, 0.3) is 0 Å². The van der Waals surface area contributed by atoms with Crippen LogP contribution in [0.15, 0.2) is 24.5 Å². The smallest absolute Gasteiger partial charge is 0.0270 e. The quantitative estimate of drug-likeness (QED) is 0.661. The van der Waals surface area contributed by atoms with Crippen LogP contribution < -0.4 is 5.32 Å². The van der Waals surface area contributed by atoms with Gasteiger partial charge in [0.15, 0.2) is 0 Å². The van der Waals surface area contributed by atoms with Gasteiger partial charge in [-0.25, -0.2) is 0 Å². The fourth-order valence-corrected chi connectivity index (χ4v) is 2.14. The number of rotatable bonds is 9. The van der Waals surface area contributed by atoms with Gasteiger partial charge >= 0.3 is 0 Å². The zero-order chi connectivity index (χ0) is 12.3. The molecule has 2 nitrogen and oxygen atoms in total. The van der Waals surface area contributed by atoms with Crippen LogP contribution in [0.1, 0.15) is 51.0 Å². The van der Waals surface area contributed by atoms with Crippen molar-refractivity contribution in [3.63, 3.8) is 0 Å². The molecule has 1 N–H and O–H groups in total. The van der Waals surface area contributed by atoms with Crippen LogP contribution in [-0.4, -0.2) is 18.1 Å². The van der Waals surface area contributed by atoms with Gasteiger partial charge in [0, 0.05) is 18.4 Å². The number of nitrogens with zero attached hydrogens (tertiary/aromatic N) is 1. The minimum atomic E-state index is 0.667. The van der Waals surface area contributed by atoms with Crippen molar-refractivity contribution in [3.8, 4) is 0 Å². The molecule has 0 aromatic carbocycles. The van der Waals surface area contributed by atoms with Crippen LogP contribution in [0.3, 0.4) is 0 Å². The van der Waals surface area contributed by atoms with E-state index < -0.39 is 0 Å². The van der Waals surface area contributed by atoms with Crippen LogP contribution >= 0.6 is 0 Å². The first-order valence-electron chi connectivity index (χ1n) is 6.93. The Morgan fingerprint density at radius 2 is 1.88 bits per heavy atom. The molecule has 1 atom stereocenters. The monoisotopic (exact) mass is 234 g/mol. The number of unbranched alkanes of at least 4 members (excludes halogenated alkanes) is 3. The van der Waals surface area contributed by atoms with Gasteiger partial charge in [0.2, 0.25) is 0 Å². The first-order chi connectivity index (χ1) is 8.36. The van der Waals surface area contributed by atoms with Crippen molar-refractivity contribution in [2.45, 2.75) is 57.9 Å². The number of nitrogens with one attached hydrogen (secondary N) is 1. The first kappa shape index (κ1) is 14.2. The van der Waals surface area contributed by atoms with Crippen molar-refractivity contribution in [3.05, 3.63) is 30.1 Å². The van der Waals surface area contributed by atoms with Crippen LogP contribution in [0.2, 0.25) is 0 Å². The number of aromatic nitrogens is 1. The van der Waals surface area contributed by atoms with E-state index in [4.69, 9.17) is 0 Å². The SMILES string of the molecule is CCCCCCC(CCc1ccncc1)NC. The van der Waals surface area contributed by atoms with Gasteiger partial charge in [-0.3, -0.25) is 4.98 Å². The summed E-state index contributed by atoms with van der Waals surface area (Å²) in [6.45, 7) is 2.26. The minimum Gasteiger partial charge on any atom is -0.317 e. The van der Waals surface area contributed by atoms with Gasteiger partial charge in [-0.2, -0.15) is 0 Å². The Balaban J connectivity index is 2.18. The molecule has 2 heteroatoms. The predicted octanol–water partition coefficient (Wildman–Crippen LogP) is 3.57. The number of hydrogen-bond donors (Lipinski definition) is 1. The second-order valence-electron chi connectivity index (χ2n) is 4.73. The van der Waals surface area contributed by atoms with Crippen LogP contribution in [0.25, 0.3) is 0 Å². The summed E-state index contributed by atoms with van der Waals surface area (Å²) in [4.78, 5) is 4.05. The highest BCUT2D eigenvalue weighted by molar-refractivity contribution is 5.09. The molecule has 0 aliphatic carbocycles. The van der Waals surface area contributed by atoms with Crippen LogP contribution in [-0.2, 0) is 6.42 Å². The molecule has 96 valence electrons. The summed E-state index contributed by atoms with van der Waals surface area (Å²) in [5.74, 6) is 0. The Hall–Kier alpha value is -0.890. The average molecular weight is 234 g/mol. The highest BCUT2D eigenvalue weighted by Crippen LogP contribution is 2.10. The fourth-order valence-electron chi connectivity index (χ4n) is 2.14. The molecule has 1 aromatic rings. The molecule has 0 fully saturated rings. The molecule has 1 unspecified atom stereocenters. The van der Waals surface area contributed by atoms with E-state index in [1.165, 1.54) is 44.1 Å². The molecule has 1 aromatic heterocycles. The van der Waals surface area contributed by atoms with Crippen molar-refractivity contribution in [1.82, 2.24) is 10.3 Å². The van der Waals surface area contributed by atoms with E-state index >= 15 is 0 Å². The summed E-state index contributed by atoms with van der Waals surface area (Å²) >= 11 is 0. The molecule has 0 radical (unpaired) electrons. The zero-order valence-electron chi connectivity index (χ0n) is 11.3. The molecular formula is C15H26N2. The Kier molecular flexibility index (Phi) is 7.65. The second-order valence-corrected chi connectivity index (χ2v) is 4.73. The number of hydrogen-bond acceptors (Lipinski definition) is 2. The van der Waals surface area contributed by atoms with E-state index in [9.17, 15) is 0 Å². The molecule has 0 spiro atoms. The maximum atomic E-state index is 4.05. The van der Waals surface area contributed by atoms with E-state index in [1.807, 2.05) is 12.4 Å². The van der Waals surface area contributed by atoms with Crippen molar-refractivity contribution in [1.29, 1.82) is 0 Å².